The predicted molar refractivity (Wildman–Crippen MR) is 75.3 cm³/mol. The maximum atomic E-state index is 5.55. The summed E-state index contributed by atoms with van der Waals surface area (Å²) in [5, 5.41) is 0. The van der Waals surface area contributed by atoms with Gasteiger partial charge < -0.3 is 10.3 Å². The maximum absolute atomic E-state index is 5.55. The van der Waals surface area contributed by atoms with E-state index in [0.29, 0.717) is 11.4 Å². The van der Waals surface area contributed by atoms with Gasteiger partial charge in [0.2, 0.25) is 0 Å². The minimum Gasteiger partial charge on any atom is -0.393 e. The van der Waals surface area contributed by atoms with Crippen molar-refractivity contribution >= 4 is 28.2 Å². The molecular weight excluding hydrogens is 230 g/mol. The number of aromatic nitrogens is 2. The molecule has 1 aromatic heterocycles. The molecule has 17 heavy (non-hydrogen) atoms. The van der Waals surface area contributed by atoms with Gasteiger partial charge in [-0.2, -0.15) is 0 Å². The standard InChI is InChI=1S/C13H17N3S/c1-8-6-11-12(7-9(8)2)16(10(3)15-11)5-4-13(14)17/h6-7H,4-5H2,1-3H3,(H2,14,17). The van der Waals surface area contributed by atoms with Gasteiger partial charge in [0, 0.05) is 13.0 Å². The lowest BCUT2D eigenvalue weighted by Gasteiger charge is -2.07. The van der Waals surface area contributed by atoms with Crippen LogP contribution < -0.4 is 5.73 Å². The first-order chi connectivity index (χ1) is 7.99. The molecule has 0 amide bonds. The third kappa shape index (κ3) is 2.31. The van der Waals surface area contributed by atoms with Crippen molar-refractivity contribution in [2.24, 2.45) is 5.73 Å². The van der Waals surface area contributed by atoms with E-state index < -0.39 is 0 Å². The molecule has 4 heteroatoms. The summed E-state index contributed by atoms with van der Waals surface area (Å²) in [5.41, 5.74) is 10.3. The van der Waals surface area contributed by atoms with Crippen LogP contribution in [0.5, 0.6) is 0 Å². The summed E-state index contributed by atoms with van der Waals surface area (Å²) in [6.07, 6.45) is 0.717. The van der Waals surface area contributed by atoms with Crippen molar-refractivity contribution in [3.05, 3.63) is 29.1 Å². The maximum Gasteiger partial charge on any atom is 0.106 e. The van der Waals surface area contributed by atoms with Gasteiger partial charge in [0.05, 0.1) is 16.0 Å². The van der Waals surface area contributed by atoms with Gasteiger partial charge in [-0.3, -0.25) is 0 Å². The van der Waals surface area contributed by atoms with Gasteiger partial charge in [-0.05, 0) is 44.0 Å². The summed E-state index contributed by atoms with van der Waals surface area (Å²) in [6.45, 7) is 7.05. The van der Waals surface area contributed by atoms with Crippen molar-refractivity contribution in [1.82, 2.24) is 9.55 Å². The van der Waals surface area contributed by atoms with Gasteiger partial charge in [-0.1, -0.05) is 12.2 Å². The Morgan fingerprint density at radius 2 is 1.94 bits per heavy atom. The summed E-state index contributed by atoms with van der Waals surface area (Å²) in [6, 6.07) is 4.32. The van der Waals surface area contributed by atoms with Gasteiger partial charge >= 0.3 is 0 Å². The van der Waals surface area contributed by atoms with Crippen molar-refractivity contribution in [2.75, 3.05) is 0 Å². The van der Waals surface area contributed by atoms with Gasteiger partial charge in [0.1, 0.15) is 5.82 Å². The third-order valence-electron chi connectivity index (χ3n) is 3.14. The summed E-state index contributed by atoms with van der Waals surface area (Å²) >= 11 is 4.93. The van der Waals surface area contributed by atoms with Crippen LogP contribution in [-0.4, -0.2) is 14.5 Å². The van der Waals surface area contributed by atoms with E-state index >= 15 is 0 Å². The van der Waals surface area contributed by atoms with E-state index in [0.717, 1.165) is 17.9 Å². The Morgan fingerprint density at radius 3 is 2.59 bits per heavy atom. The number of hydrogen-bond acceptors (Lipinski definition) is 2. The second kappa shape index (κ2) is 4.45. The van der Waals surface area contributed by atoms with Gasteiger partial charge in [0.15, 0.2) is 0 Å². The normalized spacial score (nSPS) is 11.0. The second-order valence-corrected chi connectivity index (χ2v) is 4.98. The fourth-order valence-electron chi connectivity index (χ4n) is 2.00. The number of aryl methyl sites for hydroxylation is 4. The molecule has 0 aliphatic rings. The molecule has 0 unspecified atom stereocenters. The van der Waals surface area contributed by atoms with Gasteiger partial charge in [-0.25, -0.2) is 4.98 Å². The molecule has 2 aromatic rings. The molecule has 0 radical (unpaired) electrons. The zero-order valence-electron chi connectivity index (χ0n) is 10.4. The van der Waals surface area contributed by atoms with Crippen LogP contribution in [0.2, 0.25) is 0 Å². The van der Waals surface area contributed by atoms with Crippen LogP contribution in [0.15, 0.2) is 12.1 Å². The van der Waals surface area contributed by atoms with Gasteiger partial charge in [0.25, 0.3) is 0 Å². The molecule has 3 nitrogen and oxygen atoms in total. The van der Waals surface area contributed by atoms with Crippen LogP contribution >= 0.6 is 12.2 Å². The Hall–Kier alpha value is -1.42. The lowest BCUT2D eigenvalue weighted by atomic mass is 10.1. The average molecular weight is 247 g/mol. The van der Waals surface area contributed by atoms with E-state index in [-0.39, 0.29) is 0 Å². The molecule has 2 rings (SSSR count). The van der Waals surface area contributed by atoms with Crippen molar-refractivity contribution in [2.45, 2.75) is 33.7 Å². The molecule has 0 fully saturated rings. The Bertz CT molecular complexity index is 584. The molecule has 1 heterocycles. The smallest absolute Gasteiger partial charge is 0.106 e. The van der Waals surface area contributed by atoms with E-state index in [9.17, 15) is 0 Å². The van der Waals surface area contributed by atoms with Crippen LogP contribution in [0.4, 0.5) is 0 Å². The largest absolute Gasteiger partial charge is 0.393 e. The molecule has 0 aliphatic carbocycles. The number of fused-ring (bicyclic) bond motifs is 1. The topological polar surface area (TPSA) is 43.8 Å². The number of hydrogen-bond donors (Lipinski definition) is 1. The first-order valence-electron chi connectivity index (χ1n) is 5.71. The number of thiocarbonyl (C=S) groups is 1. The number of imidazole rings is 1. The van der Waals surface area contributed by atoms with Crippen LogP contribution in [0.25, 0.3) is 11.0 Å². The van der Waals surface area contributed by atoms with Crippen molar-refractivity contribution in [1.29, 1.82) is 0 Å². The van der Waals surface area contributed by atoms with Crippen LogP contribution in [-0.2, 0) is 6.54 Å². The molecule has 0 aliphatic heterocycles. The first kappa shape index (κ1) is 12.0. The van der Waals surface area contributed by atoms with Crippen LogP contribution in [0.1, 0.15) is 23.4 Å². The van der Waals surface area contributed by atoms with Gasteiger partial charge in [-0.15, -0.1) is 0 Å². The average Bonchev–Trinajstić information content (AvgIpc) is 2.52. The summed E-state index contributed by atoms with van der Waals surface area (Å²) < 4.78 is 2.18. The lowest BCUT2D eigenvalue weighted by Crippen LogP contribution is -2.12. The number of nitrogens with zero attached hydrogens (tertiary/aromatic N) is 2. The SMILES string of the molecule is Cc1cc2nc(C)n(CCC(N)=S)c2cc1C. The van der Waals surface area contributed by atoms with Crippen molar-refractivity contribution in [3.8, 4) is 0 Å². The Kier molecular flexibility index (Phi) is 3.15. The van der Waals surface area contributed by atoms with Crippen molar-refractivity contribution in [3.63, 3.8) is 0 Å². The number of benzene rings is 1. The molecule has 90 valence electrons. The van der Waals surface area contributed by atoms with Crippen LogP contribution in [0.3, 0.4) is 0 Å². The Morgan fingerprint density at radius 1 is 1.29 bits per heavy atom. The highest BCUT2D eigenvalue weighted by Gasteiger charge is 2.08. The molecule has 0 atom stereocenters. The second-order valence-electron chi connectivity index (χ2n) is 4.45. The highest BCUT2D eigenvalue weighted by atomic mass is 32.1. The summed E-state index contributed by atoms with van der Waals surface area (Å²) in [4.78, 5) is 5.12. The fraction of sp³-hybridized carbons (Fsp3) is 0.385. The molecule has 2 N–H and O–H groups in total. The zero-order chi connectivity index (χ0) is 12.6. The lowest BCUT2D eigenvalue weighted by molar-refractivity contribution is 0.720. The molecule has 1 aromatic carbocycles. The third-order valence-corrected chi connectivity index (χ3v) is 3.34. The zero-order valence-corrected chi connectivity index (χ0v) is 11.3. The van der Waals surface area contributed by atoms with E-state index in [1.165, 1.54) is 16.6 Å². The van der Waals surface area contributed by atoms with E-state index in [1.54, 1.807) is 0 Å². The molecule has 0 bridgehead atoms. The number of rotatable bonds is 3. The molecule has 0 saturated heterocycles. The summed E-state index contributed by atoms with van der Waals surface area (Å²) in [5.74, 6) is 1.02. The molecule has 0 spiro atoms. The predicted octanol–water partition coefficient (Wildman–Crippen LogP) is 2.64. The molecular formula is C13H17N3S. The Balaban J connectivity index is 2.50. The van der Waals surface area contributed by atoms with E-state index in [4.69, 9.17) is 18.0 Å². The summed E-state index contributed by atoms with van der Waals surface area (Å²) in [7, 11) is 0. The van der Waals surface area contributed by atoms with E-state index in [2.05, 4.69) is 35.5 Å². The minimum atomic E-state index is 0.551. The number of nitrogens with two attached hydrogens (primary N) is 1. The minimum absolute atomic E-state index is 0.551. The highest BCUT2D eigenvalue weighted by molar-refractivity contribution is 7.80. The van der Waals surface area contributed by atoms with Crippen LogP contribution in [0, 0.1) is 20.8 Å². The molecule has 0 saturated carbocycles. The fourth-order valence-corrected chi connectivity index (χ4v) is 2.10. The monoisotopic (exact) mass is 247 g/mol. The highest BCUT2D eigenvalue weighted by Crippen LogP contribution is 2.20. The quantitative estimate of drug-likeness (QED) is 0.848. The van der Waals surface area contributed by atoms with E-state index in [1.807, 2.05) is 6.92 Å². The Labute approximate surface area is 107 Å². The first-order valence-corrected chi connectivity index (χ1v) is 6.12. The van der Waals surface area contributed by atoms with Crippen molar-refractivity contribution < 1.29 is 0 Å².